The highest BCUT2D eigenvalue weighted by atomic mass is 19.1. The molecule has 2 aromatic carbocycles. The first-order valence-corrected chi connectivity index (χ1v) is 6.97. The van der Waals surface area contributed by atoms with Crippen molar-refractivity contribution >= 4 is 5.91 Å². The smallest absolute Gasteiger partial charge is 0.254 e. The molecule has 1 atom stereocenters. The van der Waals surface area contributed by atoms with Crippen molar-refractivity contribution in [2.24, 2.45) is 0 Å². The molecule has 1 amide bonds. The number of hydrogen-bond donors (Lipinski definition) is 0. The van der Waals surface area contributed by atoms with Gasteiger partial charge in [-0.05, 0) is 54.8 Å². The fourth-order valence-electron chi connectivity index (χ4n) is 2.80. The van der Waals surface area contributed by atoms with E-state index in [1.807, 2.05) is 0 Å². The predicted octanol–water partition coefficient (Wildman–Crippen LogP) is 3.94. The van der Waals surface area contributed by atoms with E-state index in [2.05, 4.69) is 0 Å². The second-order valence-electron chi connectivity index (χ2n) is 5.22. The van der Waals surface area contributed by atoms with Crippen LogP contribution in [0.15, 0.2) is 48.5 Å². The van der Waals surface area contributed by atoms with E-state index in [9.17, 15) is 13.6 Å². The highest BCUT2D eigenvalue weighted by molar-refractivity contribution is 5.94. The molecule has 2 nitrogen and oxygen atoms in total. The Labute approximate surface area is 122 Å². The first-order valence-electron chi connectivity index (χ1n) is 6.97. The Morgan fingerprint density at radius 3 is 2.14 bits per heavy atom. The number of carbonyl (C=O) groups is 1. The number of likely N-dealkylation sites (tertiary alicyclic amines) is 1. The lowest BCUT2D eigenvalue weighted by Gasteiger charge is -2.25. The van der Waals surface area contributed by atoms with E-state index >= 15 is 0 Å². The molecule has 0 bridgehead atoms. The third-order valence-electron chi connectivity index (χ3n) is 3.86. The van der Waals surface area contributed by atoms with Crippen molar-refractivity contribution in [3.63, 3.8) is 0 Å². The van der Waals surface area contributed by atoms with Gasteiger partial charge < -0.3 is 4.90 Å². The van der Waals surface area contributed by atoms with E-state index in [-0.39, 0.29) is 23.6 Å². The first kappa shape index (κ1) is 13.7. The number of benzene rings is 2. The molecule has 0 radical (unpaired) electrons. The molecule has 1 fully saturated rings. The standard InChI is InChI=1S/C17H15F2NO/c18-14-7-3-12(4-8-14)16-2-1-11-20(16)17(21)13-5-9-15(19)10-6-13/h3-10,16H,1-2,11H2/t16-/m0/s1. The molecule has 1 aliphatic heterocycles. The van der Waals surface area contributed by atoms with Gasteiger partial charge >= 0.3 is 0 Å². The predicted molar refractivity (Wildman–Crippen MR) is 75.8 cm³/mol. The van der Waals surface area contributed by atoms with E-state index in [1.165, 1.54) is 36.4 Å². The van der Waals surface area contributed by atoms with Crippen LogP contribution >= 0.6 is 0 Å². The molecule has 1 aliphatic rings. The normalized spacial score (nSPS) is 18.0. The van der Waals surface area contributed by atoms with Gasteiger partial charge in [0.15, 0.2) is 0 Å². The lowest BCUT2D eigenvalue weighted by atomic mass is 10.0. The molecule has 0 N–H and O–H groups in total. The van der Waals surface area contributed by atoms with Gasteiger partial charge in [0.1, 0.15) is 11.6 Å². The second kappa shape index (κ2) is 5.64. The van der Waals surface area contributed by atoms with Gasteiger partial charge in [0, 0.05) is 12.1 Å². The average molecular weight is 287 g/mol. The Kier molecular flexibility index (Phi) is 3.69. The van der Waals surface area contributed by atoms with Crippen molar-refractivity contribution in [1.82, 2.24) is 4.90 Å². The van der Waals surface area contributed by atoms with Gasteiger partial charge in [-0.3, -0.25) is 4.79 Å². The zero-order valence-electron chi connectivity index (χ0n) is 11.4. The van der Waals surface area contributed by atoms with E-state index in [1.54, 1.807) is 17.0 Å². The van der Waals surface area contributed by atoms with Crippen LogP contribution in [0, 0.1) is 11.6 Å². The molecular weight excluding hydrogens is 272 g/mol. The van der Waals surface area contributed by atoms with Crippen LogP contribution in [0.4, 0.5) is 8.78 Å². The van der Waals surface area contributed by atoms with Crippen LogP contribution in [0.1, 0.15) is 34.8 Å². The SMILES string of the molecule is O=C(c1ccc(F)cc1)N1CCC[C@H]1c1ccc(F)cc1. The summed E-state index contributed by atoms with van der Waals surface area (Å²) < 4.78 is 26.0. The second-order valence-corrected chi connectivity index (χ2v) is 5.22. The van der Waals surface area contributed by atoms with E-state index < -0.39 is 0 Å². The van der Waals surface area contributed by atoms with Crippen molar-refractivity contribution in [2.45, 2.75) is 18.9 Å². The maximum Gasteiger partial charge on any atom is 0.254 e. The summed E-state index contributed by atoms with van der Waals surface area (Å²) in [6.45, 7) is 0.665. The molecule has 0 saturated carbocycles. The molecule has 1 saturated heterocycles. The van der Waals surface area contributed by atoms with Crippen molar-refractivity contribution < 1.29 is 13.6 Å². The number of hydrogen-bond acceptors (Lipinski definition) is 1. The first-order chi connectivity index (χ1) is 10.1. The molecule has 4 heteroatoms. The van der Waals surface area contributed by atoms with Crippen molar-refractivity contribution in [3.05, 3.63) is 71.3 Å². The zero-order valence-corrected chi connectivity index (χ0v) is 11.4. The molecule has 0 spiro atoms. The van der Waals surface area contributed by atoms with Crippen LogP contribution in [0.25, 0.3) is 0 Å². The van der Waals surface area contributed by atoms with Gasteiger partial charge in [-0.1, -0.05) is 12.1 Å². The van der Waals surface area contributed by atoms with Crippen molar-refractivity contribution in [2.75, 3.05) is 6.54 Å². The minimum Gasteiger partial charge on any atom is -0.332 e. The van der Waals surface area contributed by atoms with Crippen LogP contribution in [0.5, 0.6) is 0 Å². The van der Waals surface area contributed by atoms with Gasteiger partial charge in [0.2, 0.25) is 0 Å². The third kappa shape index (κ3) is 2.79. The van der Waals surface area contributed by atoms with E-state index in [0.717, 1.165) is 18.4 Å². The summed E-state index contributed by atoms with van der Waals surface area (Å²) in [7, 11) is 0. The van der Waals surface area contributed by atoms with Gasteiger partial charge in [-0.25, -0.2) is 8.78 Å². The molecule has 2 aromatic rings. The van der Waals surface area contributed by atoms with Crippen molar-refractivity contribution in [3.8, 4) is 0 Å². The molecule has 1 heterocycles. The van der Waals surface area contributed by atoms with Crippen molar-refractivity contribution in [1.29, 1.82) is 0 Å². The molecule has 3 rings (SSSR count). The van der Waals surface area contributed by atoms with Crippen LogP contribution < -0.4 is 0 Å². The largest absolute Gasteiger partial charge is 0.332 e. The van der Waals surface area contributed by atoms with Gasteiger partial charge in [0.25, 0.3) is 5.91 Å². The van der Waals surface area contributed by atoms with Gasteiger partial charge in [-0.15, -0.1) is 0 Å². The fraction of sp³-hybridized carbons (Fsp3) is 0.235. The summed E-state index contributed by atoms with van der Waals surface area (Å²) in [6.07, 6.45) is 1.77. The lowest BCUT2D eigenvalue weighted by molar-refractivity contribution is 0.0735. The quantitative estimate of drug-likeness (QED) is 0.819. The molecule has 0 unspecified atom stereocenters. The van der Waals surface area contributed by atoms with E-state index in [4.69, 9.17) is 0 Å². The van der Waals surface area contributed by atoms with Gasteiger partial charge in [0.05, 0.1) is 6.04 Å². The number of amides is 1. The fourth-order valence-corrected chi connectivity index (χ4v) is 2.80. The van der Waals surface area contributed by atoms with E-state index in [0.29, 0.717) is 12.1 Å². The summed E-state index contributed by atoms with van der Waals surface area (Å²) in [4.78, 5) is 14.3. The van der Waals surface area contributed by atoms with Gasteiger partial charge in [-0.2, -0.15) is 0 Å². The summed E-state index contributed by atoms with van der Waals surface area (Å²) in [5.74, 6) is -0.752. The zero-order chi connectivity index (χ0) is 14.8. The lowest BCUT2D eigenvalue weighted by Crippen LogP contribution is -2.30. The molecule has 0 aromatic heterocycles. The Bertz CT molecular complexity index is 637. The Balaban J connectivity index is 1.85. The third-order valence-corrected chi connectivity index (χ3v) is 3.86. The summed E-state index contributed by atoms with van der Waals surface area (Å²) in [6, 6.07) is 11.8. The number of nitrogens with zero attached hydrogens (tertiary/aromatic N) is 1. The van der Waals surface area contributed by atoms with Crippen LogP contribution in [0.3, 0.4) is 0 Å². The Hall–Kier alpha value is -2.23. The molecular formula is C17H15F2NO. The molecule has 21 heavy (non-hydrogen) atoms. The minimum atomic E-state index is -0.358. The number of carbonyl (C=O) groups excluding carboxylic acids is 1. The maximum atomic E-state index is 13.0. The van der Waals surface area contributed by atoms with Crippen LogP contribution in [0.2, 0.25) is 0 Å². The molecule has 0 aliphatic carbocycles. The summed E-state index contributed by atoms with van der Waals surface area (Å²) >= 11 is 0. The summed E-state index contributed by atoms with van der Waals surface area (Å²) in [5, 5.41) is 0. The minimum absolute atomic E-state index is 0.0387. The highest BCUT2D eigenvalue weighted by Gasteiger charge is 2.30. The topological polar surface area (TPSA) is 20.3 Å². The monoisotopic (exact) mass is 287 g/mol. The van der Waals surface area contributed by atoms with Crippen LogP contribution in [-0.4, -0.2) is 17.4 Å². The Morgan fingerprint density at radius 2 is 1.52 bits per heavy atom. The number of rotatable bonds is 2. The maximum absolute atomic E-state index is 13.0. The van der Waals surface area contributed by atoms with Crippen LogP contribution in [-0.2, 0) is 0 Å². The summed E-state index contributed by atoms with van der Waals surface area (Å²) in [5.41, 5.74) is 1.41. The molecule has 108 valence electrons. The number of halogens is 2. The Morgan fingerprint density at radius 1 is 0.952 bits per heavy atom. The highest BCUT2D eigenvalue weighted by Crippen LogP contribution is 2.33. The average Bonchev–Trinajstić information content (AvgIpc) is 2.97.